The van der Waals surface area contributed by atoms with Gasteiger partial charge in [0.1, 0.15) is 0 Å². The number of hydrogen-bond acceptors (Lipinski definition) is 5. The van der Waals surface area contributed by atoms with Crippen LogP contribution in [-0.4, -0.2) is 38.2 Å². The highest BCUT2D eigenvalue weighted by molar-refractivity contribution is 5.87. The number of nitrogens with one attached hydrogen (secondary N) is 2. The smallest absolute Gasteiger partial charge is 0.157 e. The van der Waals surface area contributed by atoms with Crippen LogP contribution in [0.2, 0.25) is 0 Å². The molecule has 2 N–H and O–H groups in total. The molecule has 4 aromatic rings. The van der Waals surface area contributed by atoms with Gasteiger partial charge in [0.2, 0.25) is 0 Å². The minimum absolute atomic E-state index is 0.457. The van der Waals surface area contributed by atoms with Crippen molar-refractivity contribution in [3.05, 3.63) is 83.3 Å². The van der Waals surface area contributed by atoms with Crippen LogP contribution in [0.3, 0.4) is 0 Å². The fraction of sp³-hybridized carbons (Fsp3) is 0.320. The molecule has 6 heteroatoms. The van der Waals surface area contributed by atoms with E-state index in [2.05, 4.69) is 67.9 Å². The molecule has 31 heavy (non-hydrogen) atoms. The van der Waals surface area contributed by atoms with Crippen LogP contribution in [-0.2, 0) is 13.1 Å². The van der Waals surface area contributed by atoms with E-state index >= 15 is 0 Å². The van der Waals surface area contributed by atoms with Crippen molar-refractivity contribution in [3.63, 3.8) is 0 Å². The Bertz CT molecular complexity index is 1150. The van der Waals surface area contributed by atoms with Crippen molar-refractivity contribution >= 4 is 16.9 Å². The number of likely N-dealkylation sites (tertiary alicyclic amines) is 1. The van der Waals surface area contributed by atoms with E-state index in [0.29, 0.717) is 12.5 Å². The molecule has 1 fully saturated rings. The van der Waals surface area contributed by atoms with Crippen molar-refractivity contribution < 1.29 is 0 Å². The second kappa shape index (κ2) is 8.86. The summed E-state index contributed by atoms with van der Waals surface area (Å²) in [5.74, 6) is 1.28. The van der Waals surface area contributed by atoms with E-state index in [0.717, 1.165) is 53.6 Å². The van der Waals surface area contributed by atoms with Gasteiger partial charge in [0.25, 0.3) is 0 Å². The Balaban J connectivity index is 1.27. The van der Waals surface area contributed by atoms with E-state index in [1.807, 2.05) is 25.1 Å². The number of benzene rings is 1. The molecule has 0 unspecified atom stereocenters. The highest BCUT2D eigenvalue weighted by Crippen LogP contribution is 2.29. The van der Waals surface area contributed by atoms with Crippen molar-refractivity contribution in [3.8, 4) is 0 Å². The Labute approximate surface area is 182 Å². The lowest BCUT2D eigenvalue weighted by atomic mass is 9.93. The average Bonchev–Trinajstić information content (AvgIpc) is 3.21. The van der Waals surface area contributed by atoms with Crippen molar-refractivity contribution in [1.29, 1.82) is 0 Å². The Kier molecular flexibility index (Phi) is 5.63. The predicted molar refractivity (Wildman–Crippen MR) is 124 cm³/mol. The zero-order valence-corrected chi connectivity index (χ0v) is 17.9. The molecule has 0 saturated carbocycles. The molecule has 0 amide bonds. The number of aryl methyl sites for hydroxylation is 1. The molecular weight excluding hydrogens is 384 g/mol. The highest BCUT2D eigenvalue weighted by atomic mass is 15.2. The minimum atomic E-state index is 0.457. The molecule has 0 radical (unpaired) electrons. The number of aromatic nitrogens is 4. The molecule has 1 aliphatic heterocycles. The first kappa shape index (κ1) is 19.7. The number of rotatable bonds is 6. The fourth-order valence-corrected chi connectivity index (χ4v) is 4.44. The summed E-state index contributed by atoms with van der Waals surface area (Å²) in [4.78, 5) is 12.0. The molecule has 5 rings (SSSR count). The molecule has 0 spiro atoms. The fourth-order valence-electron chi connectivity index (χ4n) is 4.44. The first-order valence-corrected chi connectivity index (χ1v) is 11.0. The monoisotopic (exact) mass is 412 g/mol. The third kappa shape index (κ3) is 4.59. The van der Waals surface area contributed by atoms with Crippen LogP contribution in [0.5, 0.6) is 0 Å². The van der Waals surface area contributed by atoms with Gasteiger partial charge in [0.15, 0.2) is 11.5 Å². The number of nitrogens with zero attached hydrogens (tertiary/aromatic N) is 4. The summed E-state index contributed by atoms with van der Waals surface area (Å²) in [7, 11) is 0. The maximum Gasteiger partial charge on any atom is 0.157 e. The van der Waals surface area contributed by atoms with Crippen molar-refractivity contribution in [2.75, 3.05) is 18.4 Å². The third-order valence-corrected chi connectivity index (χ3v) is 6.00. The van der Waals surface area contributed by atoms with E-state index < -0.39 is 0 Å². The summed E-state index contributed by atoms with van der Waals surface area (Å²) in [6, 6.07) is 21.1. The third-order valence-electron chi connectivity index (χ3n) is 6.00. The molecule has 1 atom stereocenters. The molecule has 4 heterocycles. The van der Waals surface area contributed by atoms with E-state index in [1.54, 1.807) is 0 Å². The second-order valence-electron chi connectivity index (χ2n) is 8.39. The molecule has 1 saturated heterocycles. The van der Waals surface area contributed by atoms with Gasteiger partial charge in [0.05, 0.1) is 17.6 Å². The Morgan fingerprint density at radius 1 is 1.03 bits per heavy atom. The number of piperidine rings is 1. The SMILES string of the molecule is Cc1cccc(CNc2n[nH]c3nc([C@H]4CCCN(Cc5ccccc5)C4)ccc23)n1. The lowest BCUT2D eigenvalue weighted by molar-refractivity contribution is 0.198. The maximum absolute atomic E-state index is 4.93. The van der Waals surface area contributed by atoms with Crippen LogP contribution in [0.4, 0.5) is 5.82 Å². The Morgan fingerprint density at radius 2 is 1.94 bits per heavy atom. The summed E-state index contributed by atoms with van der Waals surface area (Å²) in [5.41, 5.74) is 5.39. The van der Waals surface area contributed by atoms with Gasteiger partial charge in [0, 0.05) is 30.4 Å². The van der Waals surface area contributed by atoms with Crippen molar-refractivity contribution in [2.24, 2.45) is 0 Å². The summed E-state index contributed by atoms with van der Waals surface area (Å²) < 4.78 is 0. The van der Waals surface area contributed by atoms with Gasteiger partial charge in [-0.1, -0.05) is 36.4 Å². The zero-order valence-electron chi connectivity index (χ0n) is 17.9. The van der Waals surface area contributed by atoms with Gasteiger partial charge in [-0.25, -0.2) is 4.98 Å². The second-order valence-corrected chi connectivity index (χ2v) is 8.39. The van der Waals surface area contributed by atoms with Crippen LogP contribution >= 0.6 is 0 Å². The normalized spacial score (nSPS) is 17.1. The van der Waals surface area contributed by atoms with Crippen LogP contribution < -0.4 is 5.32 Å². The summed E-state index contributed by atoms with van der Waals surface area (Å²) >= 11 is 0. The maximum atomic E-state index is 4.93. The number of fused-ring (bicyclic) bond motifs is 1. The highest BCUT2D eigenvalue weighted by Gasteiger charge is 2.23. The number of H-pyrrole nitrogens is 1. The Hall–Kier alpha value is -3.25. The zero-order chi connectivity index (χ0) is 21.0. The first-order valence-electron chi connectivity index (χ1n) is 11.0. The van der Waals surface area contributed by atoms with Gasteiger partial charge in [-0.05, 0) is 56.1 Å². The van der Waals surface area contributed by atoms with Crippen LogP contribution in [0, 0.1) is 6.92 Å². The lowest BCUT2D eigenvalue weighted by Gasteiger charge is -2.32. The summed E-state index contributed by atoms with van der Waals surface area (Å²) in [6.45, 7) is 5.85. The minimum Gasteiger partial charge on any atom is -0.362 e. The topological polar surface area (TPSA) is 69.7 Å². The number of anilines is 1. The summed E-state index contributed by atoms with van der Waals surface area (Å²) in [6.07, 6.45) is 2.39. The van der Waals surface area contributed by atoms with Crippen molar-refractivity contribution in [2.45, 2.75) is 38.8 Å². The van der Waals surface area contributed by atoms with E-state index in [9.17, 15) is 0 Å². The van der Waals surface area contributed by atoms with Gasteiger partial charge >= 0.3 is 0 Å². The Morgan fingerprint density at radius 3 is 2.81 bits per heavy atom. The van der Waals surface area contributed by atoms with Gasteiger partial charge in [-0.2, -0.15) is 5.10 Å². The largest absolute Gasteiger partial charge is 0.362 e. The molecule has 0 bridgehead atoms. The quantitative estimate of drug-likeness (QED) is 0.482. The number of hydrogen-bond donors (Lipinski definition) is 2. The molecule has 3 aromatic heterocycles. The van der Waals surface area contributed by atoms with Crippen LogP contribution in [0.25, 0.3) is 11.0 Å². The number of aromatic amines is 1. The molecule has 158 valence electrons. The predicted octanol–water partition coefficient (Wildman–Crippen LogP) is 4.65. The molecule has 6 nitrogen and oxygen atoms in total. The molecule has 1 aliphatic rings. The van der Waals surface area contributed by atoms with Crippen LogP contribution in [0.1, 0.15) is 41.4 Å². The standard InChI is InChI=1S/C25H28N6/c1-18-7-5-11-21(27-18)15-26-24-22-12-13-23(28-25(22)30-29-24)20-10-6-14-31(17-20)16-19-8-3-2-4-9-19/h2-5,7-9,11-13,20H,6,10,14-17H2,1H3,(H2,26,28,29,30)/t20-/m0/s1. The lowest BCUT2D eigenvalue weighted by Crippen LogP contribution is -2.34. The van der Waals surface area contributed by atoms with Gasteiger partial charge < -0.3 is 5.32 Å². The van der Waals surface area contributed by atoms with Crippen molar-refractivity contribution in [1.82, 2.24) is 25.1 Å². The van der Waals surface area contributed by atoms with Gasteiger partial charge in [-0.15, -0.1) is 0 Å². The molecule has 0 aliphatic carbocycles. The van der Waals surface area contributed by atoms with Gasteiger partial charge in [-0.3, -0.25) is 15.0 Å². The molecule has 1 aromatic carbocycles. The van der Waals surface area contributed by atoms with E-state index in [-0.39, 0.29) is 0 Å². The van der Waals surface area contributed by atoms with E-state index in [1.165, 1.54) is 18.4 Å². The summed E-state index contributed by atoms with van der Waals surface area (Å²) in [5, 5.41) is 12.0. The molecular formula is C25H28N6. The van der Waals surface area contributed by atoms with Crippen LogP contribution in [0.15, 0.2) is 60.7 Å². The average molecular weight is 413 g/mol. The number of pyridine rings is 2. The first-order chi connectivity index (χ1) is 15.2. The van der Waals surface area contributed by atoms with E-state index in [4.69, 9.17) is 4.98 Å².